The third-order valence-corrected chi connectivity index (χ3v) is 4.55. The van der Waals surface area contributed by atoms with Crippen molar-refractivity contribution >= 4 is 17.4 Å². The van der Waals surface area contributed by atoms with E-state index in [1.54, 1.807) is 29.9 Å². The Labute approximate surface area is 165 Å². The molecule has 0 spiro atoms. The number of hydrogen-bond acceptors (Lipinski definition) is 6. The first-order valence-corrected chi connectivity index (χ1v) is 9.03. The van der Waals surface area contributed by atoms with Crippen molar-refractivity contribution in [3.05, 3.63) is 74.3 Å². The van der Waals surface area contributed by atoms with E-state index in [1.807, 2.05) is 13.8 Å². The highest BCUT2D eigenvalue weighted by atomic mass is 16.6. The number of nitrogens with one attached hydrogen (secondary N) is 1. The highest BCUT2D eigenvalue weighted by Crippen LogP contribution is 2.22. The molecule has 0 aliphatic carbocycles. The smallest absolute Gasteiger partial charge is 0.294 e. The van der Waals surface area contributed by atoms with Crippen LogP contribution in [-0.4, -0.2) is 30.4 Å². The number of hydrogen-bond donors (Lipinski definition) is 1. The second-order valence-electron chi connectivity index (χ2n) is 6.53. The van der Waals surface area contributed by atoms with Crippen molar-refractivity contribution < 1.29 is 9.72 Å². The van der Waals surface area contributed by atoms with Crippen LogP contribution in [-0.2, 0) is 0 Å². The van der Waals surface area contributed by atoms with E-state index in [1.165, 1.54) is 28.9 Å². The van der Waals surface area contributed by atoms with Crippen molar-refractivity contribution in [2.45, 2.75) is 33.2 Å². The van der Waals surface area contributed by atoms with Crippen LogP contribution in [0, 0.1) is 17.0 Å². The van der Waals surface area contributed by atoms with Gasteiger partial charge in [-0.3, -0.25) is 19.7 Å². The summed E-state index contributed by atoms with van der Waals surface area (Å²) in [5.41, 5.74) is -0.609. The molecule has 1 aromatic carbocycles. The average Bonchev–Trinajstić information content (AvgIpc) is 3.15. The molecule has 0 saturated heterocycles. The molecule has 10 nitrogen and oxygen atoms in total. The van der Waals surface area contributed by atoms with Crippen molar-refractivity contribution in [1.82, 2.24) is 19.6 Å². The number of nitro benzene ring substituents is 1. The van der Waals surface area contributed by atoms with Crippen molar-refractivity contribution in [3.8, 4) is 5.69 Å². The van der Waals surface area contributed by atoms with Gasteiger partial charge in [0.25, 0.3) is 11.6 Å². The molecule has 10 heteroatoms. The number of anilines is 1. The topological polar surface area (TPSA) is 125 Å². The van der Waals surface area contributed by atoms with Gasteiger partial charge in [-0.15, -0.1) is 0 Å². The van der Waals surface area contributed by atoms with Crippen molar-refractivity contribution in [2.24, 2.45) is 0 Å². The predicted octanol–water partition coefficient (Wildman–Crippen LogP) is 2.87. The maximum Gasteiger partial charge on any atom is 0.294 e. The number of nitrogens with zero attached hydrogens (tertiary/aromatic N) is 5. The minimum Gasteiger partial charge on any atom is -0.305 e. The SMILES string of the molecule is CCC(C)n1nccc1NC(=O)c1nn(-c2ccccc2[N+](=O)[O-])c(C)cc1=O. The lowest BCUT2D eigenvalue weighted by molar-refractivity contribution is -0.384. The van der Waals surface area contributed by atoms with Gasteiger partial charge >= 0.3 is 0 Å². The lowest BCUT2D eigenvalue weighted by atomic mass is 10.2. The second-order valence-corrected chi connectivity index (χ2v) is 6.53. The lowest BCUT2D eigenvalue weighted by Crippen LogP contribution is -2.28. The predicted molar refractivity (Wildman–Crippen MR) is 106 cm³/mol. The molecule has 0 aliphatic heterocycles. The van der Waals surface area contributed by atoms with Gasteiger partial charge in [0.15, 0.2) is 5.69 Å². The summed E-state index contributed by atoms with van der Waals surface area (Å²) < 4.78 is 2.87. The van der Waals surface area contributed by atoms with Crippen LogP contribution in [0.25, 0.3) is 5.69 Å². The van der Waals surface area contributed by atoms with E-state index < -0.39 is 16.3 Å². The molecule has 29 heavy (non-hydrogen) atoms. The Balaban J connectivity index is 2.03. The van der Waals surface area contributed by atoms with Gasteiger partial charge in [0.1, 0.15) is 11.5 Å². The molecule has 0 fully saturated rings. The summed E-state index contributed by atoms with van der Waals surface area (Å²) in [6.45, 7) is 5.53. The van der Waals surface area contributed by atoms with Crippen LogP contribution in [0.5, 0.6) is 0 Å². The van der Waals surface area contributed by atoms with Gasteiger partial charge in [0.2, 0.25) is 5.43 Å². The third-order valence-electron chi connectivity index (χ3n) is 4.55. The van der Waals surface area contributed by atoms with Crippen molar-refractivity contribution in [2.75, 3.05) is 5.32 Å². The molecule has 1 amide bonds. The molecule has 1 unspecified atom stereocenters. The van der Waals surface area contributed by atoms with Crippen molar-refractivity contribution in [1.29, 1.82) is 0 Å². The van der Waals surface area contributed by atoms with E-state index in [2.05, 4.69) is 15.5 Å². The highest BCUT2D eigenvalue weighted by Gasteiger charge is 2.21. The lowest BCUT2D eigenvalue weighted by Gasteiger charge is -2.14. The first-order valence-electron chi connectivity index (χ1n) is 9.03. The summed E-state index contributed by atoms with van der Waals surface area (Å²) in [5.74, 6) is -0.282. The molecule has 1 N–H and O–H groups in total. The van der Waals surface area contributed by atoms with Gasteiger partial charge in [0, 0.05) is 23.9 Å². The Morgan fingerprint density at radius 3 is 2.72 bits per heavy atom. The summed E-state index contributed by atoms with van der Waals surface area (Å²) in [4.78, 5) is 35.9. The van der Waals surface area contributed by atoms with Gasteiger partial charge in [0.05, 0.1) is 17.2 Å². The number of para-hydroxylation sites is 2. The monoisotopic (exact) mass is 396 g/mol. The van der Waals surface area contributed by atoms with Crippen molar-refractivity contribution in [3.63, 3.8) is 0 Å². The van der Waals surface area contributed by atoms with Gasteiger partial charge < -0.3 is 5.32 Å². The summed E-state index contributed by atoms with van der Waals surface area (Å²) >= 11 is 0. The van der Waals surface area contributed by atoms with Gasteiger partial charge in [-0.05, 0) is 26.3 Å². The van der Waals surface area contributed by atoms with E-state index in [9.17, 15) is 19.7 Å². The van der Waals surface area contributed by atoms with E-state index >= 15 is 0 Å². The zero-order chi connectivity index (χ0) is 21.1. The Morgan fingerprint density at radius 1 is 1.31 bits per heavy atom. The maximum atomic E-state index is 12.7. The molecule has 3 rings (SSSR count). The third kappa shape index (κ3) is 3.91. The van der Waals surface area contributed by atoms with Gasteiger partial charge in [-0.25, -0.2) is 9.36 Å². The Hall–Kier alpha value is -3.82. The molecular formula is C19H20N6O4. The molecule has 2 heterocycles. The Bertz CT molecular complexity index is 1130. The molecule has 0 saturated carbocycles. The van der Waals surface area contributed by atoms with Crippen LogP contribution < -0.4 is 10.7 Å². The van der Waals surface area contributed by atoms with Crippen LogP contribution in [0.15, 0.2) is 47.4 Å². The summed E-state index contributed by atoms with van der Waals surface area (Å²) in [6, 6.07) is 8.88. The fraction of sp³-hybridized carbons (Fsp3) is 0.263. The second kappa shape index (κ2) is 8.05. The number of rotatable bonds is 6. The quantitative estimate of drug-likeness (QED) is 0.504. The Morgan fingerprint density at radius 2 is 2.03 bits per heavy atom. The fourth-order valence-electron chi connectivity index (χ4n) is 2.86. The molecule has 3 aromatic rings. The molecule has 150 valence electrons. The van der Waals surface area contributed by atoms with E-state index in [-0.39, 0.29) is 23.1 Å². The maximum absolute atomic E-state index is 12.7. The van der Waals surface area contributed by atoms with Crippen LogP contribution in [0.1, 0.15) is 42.5 Å². The molecule has 0 radical (unpaired) electrons. The minimum absolute atomic E-state index is 0.0508. The summed E-state index contributed by atoms with van der Waals surface area (Å²) in [6.07, 6.45) is 2.35. The first-order chi connectivity index (χ1) is 13.8. The normalized spacial score (nSPS) is 11.8. The number of benzene rings is 1. The summed E-state index contributed by atoms with van der Waals surface area (Å²) in [7, 11) is 0. The molecule has 2 aromatic heterocycles. The van der Waals surface area contributed by atoms with E-state index in [0.717, 1.165) is 6.42 Å². The minimum atomic E-state index is -0.715. The molecule has 0 aliphatic rings. The van der Waals surface area contributed by atoms with Crippen LogP contribution >= 0.6 is 0 Å². The first kappa shape index (κ1) is 19.9. The largest absolute Gasteiger partial charge is 0.305 e. The van der Waals surface area contributed by atoms with Crippen LogP contribution in [0.2, 0.25) is 0 Å². The van der Waals surface area contributed by atoms with Gasteiger partial charge in [-0.1, -0.05) is 19.1 Å². The van der Waals surface area contributed by atoms with Crippen LogP contribution in [0.4, 0.5) is 11.5 Å². The number of carbonyl (C=O) groups excluding carboxylic acids is 1. The highest BCUT2D eigenvalue weighted by molar-refractivity contribution is 6.02. The number of carbonyl (C=O) groups is 1. The number of aryl methyl sites for hydroxylation is 1. The van der Waals surface area contributed by atoms with Crippen LogP contribution in [0.3, 0.4) is 0 Å². The molecule has 0 bridgehead atoms. The Kier molecular flexibility index (Phi) is 5.53. The van der Waals surface area contributed by atoms with E-state index in [4.69, 9.17) is 0 Å². The zero-order valence-electron chi connectivity index (χ0n) is 16.2. The fourth-order valence-corrected chi connectivity index (χ4v) is 2.86. The standard InChI is InChI=1S/C19H20N6O4/c1-4-12(2)24-17(9-10-20-24)21-19(27)18-16(26)11-13(3)23(22-18)14-7-5-6-8-15(14)25(28)29/h5-12H,4H2,1-3H3,(H,21,27). The summed E-state index contributed by atoms with van der Waals surface area (Å²) in [5, 5.41) is 22.3. The molecule has 1 atom stereocenters. The zero-order valence-corrected chi connectivity index (χ0v) is 16.2. The van der Waals surface area contributed by atoms with E-state index in [0.29, 0.717) is 11.5 Å². The van der Waals surface area contributed by atoms with Gasteiger partial charge in [-0.2, -0.15) is 10.2 Å². The molecular weight excluding hydrogens is 376 g/mol. The average molecular weight is 396 g/mol. The number of amides is 1. The number of aromatic nitrogens is 4. The number of nitro groups is 1.